The Balaban J connectivity index is 1.94. The van der Waals surface area contributed by atoms with E-state index < -0.39 is 6.04 Å². The molecule has 3 rings (SSSR count). The monoisotopic (exact) mass is 490 g/mol. The van der Waals surface area contributed by atoms with Crippen LogP contribution in [0.15, 0.2) is 53.0 Å². The maximum absolute atomic E-state index is 13.5. The van der Waals surface area contributed by atoms with Gasteiger partial charge in [-0.25, -0.2) is 0 Å². The van der Waals surface area contributed by atoms with Crippen LogP contribution in [0.5, 0.6) is 0 Å². The molecule has 0 heterocycles. The van der Waals surface area contributed by atoms with Crippen LogP contribution in [0, 0.1) is 6.92 Å². The molecule has 1 aliphatic rings. The van der Waals surface area contributed by atoms with Crippen molar-refractivity contribution in [2.75, 3.05) is 5.88 Å². The minimum atomic E-state index is -0.739. The molecule has 6 heteroatoms. The number of amides is 2. The molecular weight excluding hydrogens is 464 g/mol. The molecule has 2 amide bonds. The number of carbonyl (C=O) groups is 2. The highest BCUT2D eigenvalue weighted by molar-refractivity contribution is 9.10. The first-order chi connectivity index (χ1) is 14.5. The predicted octanol–water partition coefficient (Wildman–Crippen LogP) is 5.52. The summed E-state index contributed by atoms with van der Waals surface area (Å²) in [5, 5.41) is 3.20. The zero-order chi connectivity index (χ0) is 21.5. The van der Waals surface area contributed by atoms with Crippen LogP contribution >= 0.6 is 27.5 Å². The summed E-state index contributed by atoms with van der Waals surface area (Å²) in [7, 11) is 0. The Morgan fingerprint density at radius 2 is 1.83 bits per heavy atom. The van der Waals surface area contributed by atoms with Crippen LogP contribution < -0.4 is 5.32 Å². The van der Waals surface area contributed by atoms with Crippen molar-refractivity contribution in [3.63, 3.8) is 0 Å². The number of halogens is 2. The van der Waals surface area contributed by atoms with Gasteiger partial charge in [-0.2, -0.15) is 0 Å². The Morgan fingerprint density at radius 3 is 2.47 bits per heavy atom. The van der Waals surface area contributed by atoms with Gasteiger partial charge in [0.2, 0.25) is 11.8 Å². The molecule has 0 unspecified atom stereocenters. The summed E-state index contributed by atoms with van der Waals surface area (Å²) in [6, 6.07) is 15.0. The first kappa shape index (κ1) is 22.8. The van der Waals surface area contributed by atoms with Crippen molar-refractivity contribution in [2.24, 2.45) is 0 Å². The molecule has 1 atom stereocenters. The second-order valence-corrected chi connectivity index (χ2v) is 9.12. The SMILES string of the molecule is Cc1ccc(CN(C(=O)CCl)[C@H](C(=O)NC2CCCCC2)c2cccc(Br)c2)cc1. The van der Waals surface area contributed by atoms with Crippen molar-refractivity contribution in [3.8, 4) is 0 Å². The number of aryl methyl sites for hydroxylation is 1. The fourth-order valence-electron chi connectivity index (χ4n) is 3.97. The Morgan fingerprint density at radius 1 is 1.13 bits per heavy atom. The van der Waals surface area contributed by atoms with E-state index in [9.17, 15) is 9.59 Å². The molecule has 1 saturated carbocycles. The van der Waals surface area contributed by atoms with Crippen molar-refractivity contribution in [3.05, 3.63) is 69.7 Å². The minimum Gasteiger partial charge on any atom is -0.351 e. The highest BCUT2D eigenvalue weighted by atomic mass is 79.9. The fraction of sp³-hybridized carbons (Fsp3) is 0.417. The Bertz CT molecular complexity index is 866. The van der Waals surface area contributed by atoms with E-state index in [1.165, 1.54) is 6.42 Å². The fourth-order valence-corrected chi connectivity index (χ4v) is 4.54. The third-order valence-electron chi connectivity index (χ3n) is 5.58. The Kier molecular flexibility index (Phi) is 8.34. The van der Waals surface area contributed by atoms with Crippen molar-refractivity contribution in [1.82, 2.24) is 10.2 Å². The number of alkyl halides is 1. The molecule has 0 aromatic heterocycles. The molecule has 1 fully saturated rings. The molecule has 0 saturated heterocycles. The van der Waals surface area contributed by atoms with E-state index in [1.54, 1.807) is 4.90 Å². The maximum Gasteiger partial charge on any atom is 0.247 e. The summed E-state index contributed by atoms with van der Waals surface area (Å²) < 4.78 is 0.865. The third kappa shape index (κ3) is 6.08. The van der Waals surface area contributed by atoms with Gasteiger partial charge in [-0.3, -0.25) is 9.59 Å². The lowest BCUT2D eigenvalue weighted by Crippen LogP contribution is -2.47. The van der Waals surface area contributed by atoms with Crippen LogP contribution in [0.3, 0.4) is 0 Å². The molecule has 1 N–H and O–H groups in total. The summed E-state index contributed by atoms with van der Waals surface area (Å²) in [4.78, 5) is 27.9. The van der Waals surface area contributed by atoms with E-state index in [0.29, 0.717) is 6.54 Å². The van der Waals surface area contributed by atoms with Crippen molar-refractivity contribution in [2.45, 2.75) is 57.7 Å². The van der Waals surface area contributed by atoms with Crippen LogP contribution in [0.25, 0.3) is 0 Å². The maximum atomic E-state index is 13.5. The lowest BCUT2D eigenvalue weighted by molar-refractivity contribution is -0.140. The zero-order valence-corrected chi connectivity index (χ0v) is 19.6. The molecule has 2 aromatic rings. The summed E-state index contributed by atoms with van der Waals surface area (Å²) in [5.74, 6) is -0.584. The molecule has 160 valence electrons. The van der Waals surface area contributed by atoms with Gasteiger partial charge in [-0.15, -0.1) is 11.6 Å². The van der Waals surface area contributed by atoms with Gasteiger partial charge in [-0.05, 0) is 43.0 Å². The van der Waals surface area contributed by atoms with Gasteiger partial charge in [0.1, 0.15) is 11.9 Å². The lowest BCUT2D eigenvalue weighted by atomic mass is 9.94. The van der Waals surface area contributed by atoms with Crippen molar-refractivity contribution >= 4 is 39.3 Å². The minimum absolute atomic E-state index is 0.148. The van der Waals surface area contributed by atoms with Gasteiger partial charge >= 0.3 is 0 Å². The van der Waals surface area contributed by atoms with Gasteiger partial charge in [0.05, 0.1) is 0 Å². The normalized spacial score (nSPS) is 15.4. The predicted molar refractivity (Wildman–Crippen MR) is 124 cm³/mol. The number of hydrogen-bond acceptors (Lipinski definition) is 2. The summed E-state index contributed by atoms with van der Waals surface area (Å²) in [6.07, 6.45) is 5.43. The first-order valence-corrected chi connectivity index (χ1v) is 11.8. The number of carbonyl (C=O) groups excluding carboxylic acids is 2. The third-order valence-corrected chi connectivity index (χ3v) is 6.31. The summed E-state index contributed by atoms with van der Waals surface area (Å²) >= 11 is 9.46. The molecule has 0 radical (unpaired) electrons. The highest BCUT2D eigenvalue weighted by Gasteiger charge is 2.32. The lowest BCUT2D eigenvalue weighted by Gasteiger charge is -2.33. The van der Waals surface area contributed by atoms with E-state index in [4.69, 9.17) is 11.6 Å². The largest absolute Gasteiger partial charge is 0.351 e. The van der Waals surface area contributed by atoms with E-state index in [0.717, 1.165) is 46.8 Å². The van der Waals surface area contributed by atoms with Crippen LogP contribution in [0.2, 0.25) is 0 Å². The van der Waals surface area contributed by atoms with Crippen LogP contribution in [0.4, 0.5) is 0 Å². The van der Waals surface area contributed by atoms with Crippen LogP contribution in [0.1, 0.15) is 54.8 Å². The second-order valence-electron chi connectivity index (χ2n) is 7.94. The topological polar surface area (TPSA) is 49.4 Å². The molecular formula is C24H28BrClN2O2. The smallest absolute Gasteiger partial charge is 0.247 e. The molecule has 0 bridgehead atoms. The van der Waals surface area contributed by atoms with E-state index >= 15 is 0 Å². The molecule has 2 aromatic carbocycles. The number of nitrogens with zero attached hydrogens (tertiary/aromatic N) is 1. The average molecular weight is 492 g/mol. The zero-order valence-electron chi connectivity index (χ0n) is 17.2. The standard InChI is InChI=1S/C24H28BrClN2O2/c1-17-10-12-18(13-11-17)16-28(22(29)15-26)23(19-6-5-7-20(25)14-19)24(30)27-21-8-3-2-4-9-21/h5-7,10-14,21,23H,2-4,8-9,15-16H2,1H3,(H,27,30)/t23-/m0/s1. The number of hydrogen-bond donors (Lipinski definition) is 1. The average Bonchev–Trinajstić information content (AvgIpc) is 2.75. The van der Waals surface area contributed by atoms with E-state index in [2.05, 4.69) is 21.2 Å². The molecule has 0 aliphatic heterocycles. The molecule has 0 spiro atoms. The molecule has 1 aliphatic carbocycles. The quantitative estimate of drug-likeness (QED) is 0.519. The number of rotatable bonds is 7. The summed E-state index contributed by atoms with van der Waals surface area (Å²) in [5.41, 5.74) is 2.88. The van der Waals surface area contributed by atoms with E-state index in [1.807, 2.05) is 55.5 Å². The van der Waals surface area contributed by atoms with Gasteiger partial charge < -0.3 is 10.2 Å². The number of nitrogens with one attached hydrogen (secondary N) is 1. The van der Waals surface area contributed by atoms with E-state index in [-0.39, 0.29) is 23.7 Å². The second kappa shape index (κ2) is 11.0. The van der Waals surface area contributed by atoms with Gasteiger partial charge in [0.15, 0.2) is 0 Å². The van der Waals surface area contributed by atoms with Crippen molar-refractivity contribution in [1.29, 1.82) is 0 Å². The first-order valence-electron chi connectivity index (χ1n) is 10.4. The Hall–Kier alpha value is -1.85. The van der Waals surface area contributed by atoms with Crippen LogP contribution in [-0.2, 0) is 16.1 Å². The highest BCUT2D eigenvalue weighted by Crippen LogP contribution is 2.28. The Labute approximate surface area is 192 Å². The van der Waals surface area contributed by atoms with Crippen molar-refractivity contribution < 1.29 is 9.59 Å². The molecule has 4 nitrogen and oxygen atoms in total. The molecule has 30 heavy (non-hydrogen) atoms. The van der Waals surface area contributed by atoms with Gasteiger partial charge in [-0.1, -0.05) is 77.2 Å². The number of benzene rings is 2. The summed E-state index contributed by atoms with van der Waals surface area (Å²) in [6.45, 7) is 2.34. The van der Waals surface area contributed by atoms with Crippen LogP contribution in [-0.4, -0.2) is 28.6 Å². The van der Waals surface area contributed by atoms with Gasteiger partial charge in [0, 0.05) is 17.1 Å². The van der Waals surface area contributed by atoms with Gasteiger partial charge in [0.25, 0.3) is 0 Å².